The van der Waals surface area contributed by atoms with Crippen LogP contribution in [0.5, 0.6) is 5.75 Å². The molecule has 0 atom stereocenters. The summed E-state index contributed by atoms with van der Waals surface area (Å²) < 4.78 is 12.1. The molecule has 1 heterocycles. The average Bonchev–Trinajstić information content (AvgIpc) is 3.16. The largest absolute Gasteiger partial charge is 0.483 e. The van der Waals surface area contributed by atoms with Crippen molar-refractivity contribution in [1.82, 2.24) is 5.43 Å². The van der Waals surface area contributed by atoms with Crippen molar-refractivity contribution in [2.45, 2.75) is 13.8 Å². The number of furan rings is 1. The Morgan fingerprint density at radius 2 is 1.97 bits per heavy atom. The topological polar surface area (TPSA) is 107 Å². The van der Waals surface area contributed by atoms with Crippen LogP contribution in [0.3, 0.4) is 0 Å². The van der Waals surface area contributed by atoms with Gasteiger partial charge in [0.15, 0.2) is 6.61 Å². The van der Waals surface area contributed by atoms with Crippen molar-refractivity contribution in [3.05, 3.63) is 80.0 Å². The van der Waals surface area contributed by atoms with Crippen molar-refractivity contribution in [2.75, 3.05) is 6.61 Å². The lowest BCUT2D eigenvalue weighted by Crippen LogP contribution is -2.25. The third-order valence-corrected chi connectivity index (χ3v) is 4.58. The van der Waals surface area contributed by atoms with Crippen LogP contribution in [-0.4, -0.2) is 23.7 Å². The Hall–Kier alpha value is -3.46. The summed E-state index contributed by atoms with van der Waals surface area (Å²) in [7, 11) is 0. The number of hydrazone groups is 1. The van der Waals surface area contributed by atoms with Gasteiger partial charge in [-0.15, -0.1) is 0 Å². The smallest absolute Gasteiger partial charge is 0.277 e. The minimum absolute atomic E-state index is 0.0253. The lowest BCUT2D eigenvalue weighted by Gasteiger charge is -2.11. The number of carbonyl (C=O) groups excluding carboxylic acids is 1. The fourth-order valence-corrected chi connectivity index (χ4v) is 3.50. The third-order valence-electron chi connectivity index (χ3n) is 4.12. The molecule has 1 N–H and O–H groups in total. The number of non-ortho nitro benzene ring substituents is 1. The molecule has 0 bridgehead atoms. The molecule has 1 aromatic heterocycles. The van der Waals surface area contributed by atoms with E-state index in [0.29, 0.717) is 22.8 Å². The molecule has 0 aliphatic rings. The van der Waals surface area contributed by atoms with Crippen molar-refractivity contribution < 1.29 is 18.9 Å². The first kappa shape index (κ1) is 21.3. The van der Waals surface area contributed by atoms with E-state index in [1.165, 1.54) is 18.3 Å². The van der Waals surface area contributed by atoms with Crippen LogP contribution in [-0.2, 0) is 4.79 Å². The van der Waals surface area contributed by atoms with E-state index in [1.54, 1.807) is 24.3 Å². The van der Waals surface area contributed by atoms with Crippen molar-refractivity contribution in [2.24, 2.45) is 5.10 Å². The summed E-state index contributed by atoms with van der Waals surface area (Å²) >= 11 is 3.42. The summed E-state index contributed by atoms with van der Waals surface area (Å²) in [5.41, 5.74) is 4.76. The zero-order chi connectivity index (χ0) is 21.7. The first-order valence-electron chi connectivity index (χ1n) is 8.89. The number of nitro benzene ring substituents is 1. The first-order valence-corrected chi connectivity index (χ1v) is 9.69. The molecule has 3 rings (SSSR count). The zero-order valence-electron chi connectivity index (χ0n) is 16.2. The van der Waals surface area contributed by atoms with Crippen LogP contribution in [0, 0.1) is 24.0 Å². The highest BCUT2D eigenvalue weighted by Gasteiger charge is 2.10. The summed E-state index contributed by atoms with van der Waals surface area (Å²) in [5, 5.41) is 14.7. The van der Waals surface area contributed by atoms with Gasteiger partial charge >= 0.3 is 0 Å². The molecule has 0 saturated carbocycles. The molecular weight excluding hydrogens is 454 g/mol. The van der Waals surface area contributed by atoms with Crippen LogP contribution >= 0.6 is 15.9 Å². The van der Waals surface area contributed by atoms with Gasteiger partial charge in [-0.2, -0.15) is 5.10 Å². The average molecular weight is 472 g/mol. The predicted octanol–water partition coefficient (Wildman–Crippen LogP) is 4.76. The molecule has 1 amide bonds. The number of aryl methyl sites for hydroxylation is 2. The maximum Gasteiger partial charge on any atom is 0.277 e. The standard InChI is InChI=1S/C21H18BrN3O5/c1-13-8-16(22)9-14(2)21(13)29-12-20(26)24-23-11-18-6-7-19(30-18)15-4-3-5-17(10-15)25(27)28/h3-11H,12H2,1-2H3,(H,24,26)/b23-11-. The molecule has 0 unspecified atom stereocenters. The summed E-state index contributed by atoms with van der Waals surface area (Å²) in [6, 6.07) is 13.3. The maximum absolute atomic E-state index is 12.0. The molecular formula is C21H18BrN3O5. The van der Waals surface area contributed by atoms with Gasteiger partial charge < -0.3 is 9.15 Å². The van der Waals surface area contributed by atoms with E-state index in [4.69, 9.17) is 9.15 Å². The SMILES string of the molecule is Cc1cc(Br)cc(C)c1OCC(=O)N/N=C\c1ccc(-c2cccc([N+](=O)[O-])c2)o1. The molecule has 0 saturated heterocycles. The molecule has 8 nitrogen and oxygen atoms in total. The highest BCUT2D eigenvalue weighted by atomic mass is 79.9. The fourth-order valence-electron chi connectivity index (χ4n) is 2.81. The normalized spacial score (nSPS) is 10.9. The van der Waals surface area contributed by atoms with Gasteiger partial charge in [-0.1, -0.05) is 28.1 Å². The van der Waals surface area contributed by atoms with E-state index in [-0.39, 0.29) is 12.3 Å². The number of halogens is 1. The fraction of sp³-hybridized carbons (Fsp3) is 0.143. The lowest BCUT2D eigenvalue weighted by molar-refractivity contribution is -0.384. The number of amides is 1. The van der Waals surface area contributed by atoms with E-state index in [2.05, 4.69) is 26.5 Å². The number of hydrogen-bond donors (Lipinski definition) is 1. The Bertz CT molecular complexity index is 1100. The van der Waals surface area contributed by atoms with Crippen LogP contribution in [0.15, 0.2) is 62.5 Å². The predicted molar refractivity (Wildman–Crippen MR) is 116 cm³/mol. The van der Waals surface area contributed by atoms with Crippen LogP contribution in [0.4, 0.5) is 5.69 Å². The van der Waals surface area contributed by atoms with Crippen molar-refractivity contribution in [1.29, 1.82) is 0 Å². The second-order valence-corrected chi connectivity index (χ2v) is 7.38. The van der Waals surface area contributed by atoms with Gasteiger partial charge in [0.2, 0.25) is 0 Å². The quantitative estimate of drug-likeness (QED) is 0.303. The third kappa shape index (κ3) is 5.32. The van der Waals surface area contributed by atoms with Gasteiger partial charge in [0.05, 0.1) is 11.1 Å². The van der Waals surface area contributed by atoms with E-state index in [9.17, 15) is 14.9 Å². The number of carbonyl (C=O) groups is 1. The van der Waals surface area contributed by atoms with Crippen LogP contribution in [0.1, 0.15) is 16.9 Å². The summed E-state index contributed by atoms with van der Waals surface area (Å²) in [4.78, 5) is 22.4. The molecule has 0 spiro atoms. The Kier molecular flexibility index (Phi) is 6.63. The Labute approximate surface area is 180 Å². The number of rotatable bonds is 7. The first-order chi connectivity index (χ1) is 14.3. The minimum atomic E-state index is -0.469. The number of nitrogens with one attached hydrogen (secondary N) is 1. The van der Waals surface area contributed by atoms with Gasteiger partial charge in [-0.25, -0.2) is 5.43 Å². The van der Waals surface area contributed by atoms with Gasteiger partial charge in [0.25, 0.3) is 11.6 Å². The molecule has 0 aliphatic heterocycles. The Balaban J connectivity index is 1.57. The highest BCUT2D eigenvalue weighted by Crippen LogP contribution is 2.27. The van der Waals surface area contributed by atoms with Crippen molar-refractivity contribution >= 4 is 33.7 Å². The number of nitro groups is 1. The van der Waals surface area contributed by atoms with Gasteiger partial charge in [0.1, 0.15) is 17.3 Å². The van der Waals surface area contributed by atoms with Gasteiger partial charge in [-0.3, -0.25) is 14.9 Å². The van der Waals surface area contributed by atoms with E-state index < -0.39 is 10.8 Å². The Morgan fingerprint density at radius 1 is 1.23 bits per heavy atom. The number of hydrogen-bond acceptors (Lipinski definition) is 6. The zero-order valence-corrected chi connectivity index (χ0v) is 17.8. The molecule has 0 aliphatic carbocycles. The molecule has 0 fully saturated rings. The Morgan fingerprint density at radius 3 is 2.67 bits per heavy atom. The van der Waals surface area contributed by atoms with Gasteiger partial charge in [0, 0.05) is 22.2 Å². The molecule has 154 valence electrons. The van der Waals surface area contributed by atoms with E-state index in [0.717, 1.165) is 15.6 Å². The monoisotopic (exact) mass is 471 g/mol. The summed E-state index contributed by atoms with van der Waals surface area (Å²) in [5.74, 6) is 1.08. The summed E-state index contributed by atoms with van der Waals surface area (Å²) in [6.45, 7) is 3.62. The molecule has 30 heavy (non-hydrogen) atoms. The van der Waals surface area contributed by atoms with Crippen LogP contribution in [0.2, 0.25) is 0 Å². The van der Waals surface area contributed by atoms with Crippen LogP contribution in [0.25, 0.3) is 11.3 Å². The van der Waals surface area contributed by atoms with Crippen molar-refractivity contribution in [3.63, 3.8) is 0 Å². The minimum Gasteiger partial charge on any atom is -0.483 e. The van der Waals surface area contributed by atoms with E-state index >= 15 is 0 Å². The maximum atomic E-state index is 12.0. The highest BCUT2D eigenvalue weighted by molar-refractivity contribution is 9.10. The molecule has 9 heteroatoms. The second-order valence-electron chi connectivity index (χ2n) is 6.46. The van der Waals surface area contributed by atoms with Gasteiger partial charge in [-0.05, 0) is 49.2 Å². The van der Waals surface area contributed by atoms with Crippen molar-refractivity contribution in [3.8, 4) is 17.1 Å². The lowest BCUT2D eigenvalue weighted by atomic mass is 10.1. The summed E-state index contributed by atoms with van der Waals surface area (Å²) in [6.07, 6.45) is 1.34. The molecule has 3 aromatic rings. The number of nitrogens with zero attached hydrogens (tertiary/aromatic N) is 2. The second kappa shape index (κ2) is 9.36. The molecule has 0 radical (unpaired) electrons. The number of ether oxygens (including phenoxy) is 1. The van der Waals surface area contributed by atoms with Crippen LogP contribution < -0.4 is 10.2 Å². The van der Waals surface area contributed by atoms with E-state index in [1.807, 2.05) is 26.0 Å². The molecule has 2 aromatic carbocycles. The number of benzene rings is 2.